The average molecular weight is 238 g/mol. The van der Waals surface area contributed by atoms with Crippen molar-refractivity contribution in [3.05, 3.63) is 29.8 Å². The molecule has 0 aliphatic heterocycles. The molecular weight excluding hydrogens is 220 g/mol. The molecular formula is C12H18N2OS. The van der Waals surface area contributed by atoms with E-state index in [1.807, 2.05) is 30.5 Å². The van der Waals surface area contributed by atoms with Crippen LogP contribution in [0.1, 0.15) is 12.0 Å². The Bertz CT molecular complexity index is 324. The fraction of sp³-hybridized carbons (Fsp3) is 0.417. The van der Waals surface area contributed by atoms with Crippen LogP contribution in [-0.2, 0) is 11.2 Å². The van der Waals surface area contributed by atoms with Gasteiger partial charge in [0.25, 0.3) is 0 Å². The Morgan fingerprint density at radius 1 is 1.38 bits per heavy atom. The van der Waals surface area contributed by atoms with Crippen molar-refractivity contribution in [2.45, 2.75) is 12.8 Å². The minimum atomic E-state index is 0.129. The smallest absolute Gasteiger partial charge is 0.220 e. The number of hydrogen-bond acceptors (Lipinski definition) is 3. The Morgan fingerprint density at radius 3 is 2.69 bits per heavy atom. The van der Waals surface area contributed by atoms with E-state index in [0.717, 1.165) is 17.9 Å². The molecule has 16 heavy (non-hydrogen) atoms. The van der Waals surface area contributed by atoms with Gasteiger partial charge < -0.3 is 11.1 Å². The first-order valence-electron chi connectivity index (χ1n) is 5.32. The molecule has 0 aromatic heterocycles. The van der Waals surface area contributed by atoms with E-state index in [1.165, 1.54) is 5.56 Å². The van der Waals surface area contributed by atoms with Gasteiger partial charge in [0.15, 0.2) is 0 Å². The molecule has 1 rings (SSSR count). The van der Waals surface area contributed by atoms with Crippen LogP contribution in [0.25, 0.3) is 0 Å². The molecule has 88 valence electrons. The summed E-state index contributed by atoms with van der Waals surface area (Å²) in [5.41, 5.74) is 7.55. The predicted octanol–water partition coefficient (Wildman–Crippen LogP) is 1.68. The van der Waals surface area contributed by atoms with Crippen molar-refractivity contribution in [1.82, 2.24) is 5.32 Å². The summed E-state index contributed by atoms with van der Waals surface area (Å²) in [5.74, 6) is 1.01. The third kappa shape index (κ3) is 5.07. The topological polar surface area (TPSA) is 55.1 Å². The molecule has 0 aliphatic rings. The van der Waals surface area contributed by atoms with Gasteiger partial charge in [0.2, 0.25) is 5.91 Å². The van der Waals surface area contributed by atoms with E-state index in [1.54, 1.807) is 11.8 Å². The third-order valence-electron chi connectivity index (χ3n) is 2.25. The molecule has 4 heteroatoms. The lowest BCUT2D eigenvalue weighted by Gasteiger charge is -2.05. The van der Waals surface area contributed by atoms with Gasteiger partial charge in [-0.3, -0.25) is 4.79 Å². The standard InChI is InChI=1S/C12H18N2OS/c1-16-9-7-12(15)14-8-6-10-2-4-11(13)5-3-10/h2-5H,6-9,13H2,1H3,(H,14,15). The molecule has 3 nitrogen and oxygen atoms in total. The van der Waals surface area contributed by atoms with Crippen molar-refractivity contribution in [3.8, 4) is 0 Å². The molecule has 0 saturated carbocycles. The molecule has 0 unspecified atom stereocenters. The lowest BCUT2D eigenvalue weighted by molar-refractivity contribution is -0.120. The van der Waals surface area contributed by atoms with E-state index in [9.17, 15) is 4.79 Å². The van der Waals surface area contributed by atoms with Gasteiger partial charge in [-0.15, -0.1) is 0 Å². The van der Waals surface area contributed by atoms with Crippen LogP contribution in [0.5, 0.6) is 0 Å². The molecule has 0 radical (unpaired) electrons. The van der Waals surface area contributed by atoms with Gasteiger partial charge in [0, 0.05) is 24.4 Å². The second-order valence-electron chi connectivity index (χ2n) is 3.58. The van der Waals surface area contributed by atoms with Crippen LogP contribution in [0, 0.1) is 0 Å². The van der Waals surface area contributed by atoms with Crippen LogP contribution < -0.4 is 11.1 Å². The average Bonchev–Trinajstić information content (AvgIpc) is 2.29. The number of benzene rings is 1. The van der Waals surface area contributed by atoms with Crippen molar-refractivity contribution in [3.63, 3.8) is 0 Å². The van der Waals surface area contributed by atoms with Crippen molar-refractivity contribution in [2.24, 2.45) is 0 Å². The summed E-state index contributed by atoms with van der Waals surface area (Å²) in [7, 11) is 0. The number of nitrogen functional groups attached to an aromatic ring is 1. The second-order valence-corrected chi connectivity index (χ2v) is 4.57. The van der Waals surface area contributed by atoms with E-state index >= 15 is 0 Å². The maximum Gasteiger partial charge on any atom is 0.220 e. The van der Waals surface area contributed by atoms with Crippen molar-refractivity contribution in [2.75, 3.05) is 24.3 Å². The largest absolute Gasteiger partial charge is 0.399 e. The highest BCUT2D eigenvalue weighted by Gasteiger charge is 1.99. The predicted molar refractivity (Wildman–Crippen MR) is 70.6 cm³/mol. The number of carbonyl (C=O) groups excluding carboxylic acids is 1. The summed E-state index contributed by atoms with van der Waals surface area (Å²) in [6.45, 7) is 0.692. The number of nitrogens with two attached hydrogens (primary N) is 1. The van der Waals surface area contributed by atoms with Crippen LogP contribution in [0.4, 0.5) is 5.69 Å². The number of anilines is 1. The Balaban J connectivity index is 2.20. The van der Waals surface area contributed by atoms with Gasteiger partial charge in [-0.2, -0.15) is 11.8 Å². The molecule has 0 spiro atoms. The molecule has 0 saturated heterocycles. The summed E-state index contributed by atoms with van der Waals surface area (Å²) in [4.78, 5) is 11.3. The Labute approximate surface area is 101 Å². The van der Waals surface area contributed by atoms with Crippen molar-refractivity contribution < 1.29 is 4.79 Å². The molecule has 0 heterocycles. The molecule has 0 aliphatic carbocycles. The monoisotopic (exact) mass is 238 g/mol. The van der Waals surface area contributed by atoms with E-state index in [-0.39, 0.29) is 5.91 Å². The van der Waals surface area contributed by atoms with Crippen LogP contribution >= 0.6 is 11.8 Å². The highest BCUT2D eigenvalue weighted by atomic mass is 32.2. The SMILES string of the molecule is CSCCC(=O)NCCc1ccc(N)cc1. The van der Waals surface area contributed by atoms with E-state index in [2.05, 4.69) is 5.32 Å². The molecule has 1 aromatic carbocycles. The fourth-order valence-electron chi connectivity index (χ4n) is 1.31. The third-order valence-corrected chi connectivity index (χ3v) is 2.86. The van der Waals surface area contributed by atoms with Crippen molar-refractivity contribution in [1.29, 1.82) is 0 Å². The number of thioether (sulfide) groups is 1. The van der Waals surface area contributed by atoms with Crippen LogP contribution in [0.15, 0.2) is 24.3 Å². The molecule has 3 N–H and O–H groups in total. The summed E-state index contributed by atoms with van der Waals surface area (Å²) >= 11 is 1.69. The summed E-state index contributed by atoms with van der Waals surface area (Å²) in [5, 5.41) is 2.90. The number of amides is 1. The lowest BCUT2D eigenvalue weighted by Crippen LogP contribution is -2.25. The van der Waals surface area contributed by atoms with Crippen LogP contribution in [0.2, 0.25) is 0 Å². The number of rotatable bonds is 6. The van der Waals surface area contributed by atoms with Gasteiger partial charge in [-0.25, -0.2) is 0 Å². The lowest BCUT2D eigenvalue weighted by atomic mass is 10.1. The van der Waals surface area contributed by atoms with Crippen molar-refractivity contribution >= 4 is 23.4 Å². The van der Waals surface area contributed by atoms with Gasteiger partial charge in [-0.05, 0) is 30.4 Å². The quantitative estimate of drug-likeness (QED) is 0.741. The minimum absolute atomic E-state index is 0.129. The fourth-order valence-corrected chi connectivity index (χ4v) is 1.70. The maximum atomic E-state index is 11.3. The first-order valence-corrected chi connectivity index (χ1v) is 6.72. The first-order chi connectivity index (χ1) is 7.72. The molecule has 0 fully saturated rings. The van der Waals surface area contributed by atoms with Crippen LogP contribution in [-0.4, -0.2) is 24.5 Å². The molecule has 0 bridgehead atoms. The highest BCUT2D eigenvalue weighted by Crippen LogP contribution is 2.05. The Morgan fingerprint density at radius 2 is 2.06 bits per heavy atom. The second kappa shape index (κ2) is 7.17. The Kier molecular flexibility index (Phi) is 5.78. The molecule has 1 amide bonds. The Hall–Kier alpha value is -1.16. The zero-order valence-electron chi connectivity index (χ0n) is 9.53. The highest BCUT2D eigenvalue weighted by molar-refractivity contribution is 7.98. The van der Waals surface area contributed by atoms with E-state index in [4.69, 9.17) is 5.73 Å². The van der Waals surface area contributed by atoms with Crippen LogP contribution in [0.3, 0.4) is 0 Å². The van der Waals surface area contributed by atoms with Gasteiger partial charge in [-0.1, -0.05) is 12.1 Å². The molecule has 0 atom stereocenters. The number of carbonyl (C=O) groups is 1. The van der Waals surface area contributed by atoms with E-state index in [0.29, 0.717) is 13.0 Å². The zero-order valence-corrected chi connectivity index (χ0v) is 10.3. The normalized spacial score (nSPS) is 10.1. The zero-order chi connectivity index (χ0) is 11.8. The van der Waals surface area contributed by atoms with Gasteiger partial charge in [0.1, 0.15) is 0 Å². The van der Waals surface area contributed by atoms with E-state index < -0.39 is 0 Å². The first kappa shape index (κ1) is 12.9. The number of hydrogen-bond donors (Lipinski definition) is 2. The summed E-state index contributed by atoms with van der Waals surface area (Å²) in [6.07, 6.45) is 3.45. The minimum Gasteiger partial charge on any atom is -0.399 e. The summed E-state index contributed by atoms with van der Waals surface area (Å²) in [6, 6.07) is 7.74. The van der Waals surface area contributed by atoms with Gasteiger partial charge in [0.05, 0.1) is 0 Å². The number of nitrogens with one attached hydrogen (secondary N) is 1. The summed E-state index contributed by atoms with van der Waals surface area (Å²) < 4.78 is 0. The molecule has 1 aromatic rings. The van der Waals surface area contributed by atoms with Gasteiger partial charge >= 0.3 is 0 Å². The maximum absolute atomic E-state index is 11.3.